The second-order valence-corrected chi connectivity index (χ2v) is 8.66. The Balaban J connectivity index is 1.16. The molecule has 0 bridgehead atoms. The number of carbonyl (C=O) groups excluding carboxylic acids is 2. The first-order valence-electron chi connectivity index (χ1n) is 11.5. The molecule has 0 unspecified atom stereocenters. The molecule has 3 aromatic rings. The Kier molecular flexibility index (Phi) is 7.17. The number of benzene rings is 2. The number of halogens is 1. The highest BCUT2D eigenvalue weighted by molar-refractivity contribution is 5.96. The molecule has 0 saturated heterocycles. The van der Waals surface area contributed by atoms with Gasteiger partial charge in [0.25, 0.3) is 5.91 Å². The largest absolute Gasteiger partial charge is 0.342 e. The lowest BCUT2D eigenvalue weighted by Crippen LogP contribution is -2.27. The molecule has 4 rings (SSSR count). The molecule has 1 aliphatic rings. The summed E-state index contributed by atoms with van der Waals surface area (Å²) in [6.07, 6.45) is 5.70. The van der Waals surface area contributed by atoms with Crippen molar-refractivity contribution in [2.75, 3.05) is 18.9 Å². The fourth-order valence-electron chi connectivity index (χ4n) is 3.71. The number of rotatable bonds is 10. The molecule has 1 aliphatic carbocycles. The third-order valence-electron chi connectivity index (χ3n) is 5.90. The Bertz CT molecular complexity index is 1090. The van der Waals surface area contributed by atoms with E-state index in [-0.39, 0.29) is 23.5 Å². The van der Waals surface area contributed by atoms with E-state index in [9.17, 15) is 14.0 Å². The van der Waals surface area contributed by atoms with Crippen molar-refractivity contribution in [2.45, 2.75) is 38.5 Å². The molecule has 0 aliphatic heterocycles. The van der Waals surface area contributed by atoms with Crippen LogP contribution in [0.5, 0.6) is 0 Å². The van der Waals surface area contributed by atoms with Gasteiger partial charge in [-0.2, -0.15) is 5.10 Å². The molecular formula is C26H29FN4O2. The van der Waals surface area contributed by atoms with Gasteiger partial charge in [0.2, 0.25) is 5.91 Å². The van der Waals surface area contributed by atoms with E-state index in [0.717, 1.165) is 61.2 Å². The van der Waals surface area contributed by atoms with Crippen LogP contribution in [0.2, 0.25) is 0 Å². The van der Waals surface area contributed by atoms with Crippen LogP contribution >= 0.6 is 0 Å². The summed E-state index contributed by atoms with van der Waals surface area (Å²) in [4.78, 5) is 26.2. The predicted molar refractivity (Wildman–Crippen MR) is 126 cm³/mol. The number of anilines is 1. The number of carbonyl (C=O) groups is 2. The summed E-state index contributed by atoms with van der Waals surface area (Å²) in [6, 6.07) is 15.4. The fourth-order valence-corrected chi connectivity index (χ4v) is 3.71. The predicted octanol–water partition coefficient (Wildman–Crippen LogP) is 5.05. The Morgan fingerprint density at radius 3 is 2.48 bits per heavy atom. The average Bonchev–Trinajstić information content (AvgIpc) is 3.58. The zero-order valence-corrected chi connectivity index (χ0v) is 18.8. The summed E-state index contributed by atoms with van der Waals surface area (Å²) >= 11 is 0. The highest BCUT2D eigenvalue weighted by Crippen LogP contribution is 2.30. The van der Waals surface area contributed by atoms with E-state index < -0.39 is 0 Å². The van der Waals surface area contributed by atoms with Crippen LogP contribution in [0.3, 0.4) is 0 Å². The van der Waals surface area contributed by atoms with E-state index in [1.54, 1.807) is 41.3 Å². The molecule has 172 valence electrons. The minimum absolute atomic E-state index is 0.0208. The molecule has 2 N–H and O–H groups in total. The van der Waals surface area contributed by atoms with Gasteiger partial charge in [-0.15, -0.1) is 0 Å². The van der Waals surface area contributed by atoms with E-state index in [1.807, 2.05) is 13.1 Å². The molecule has 1 heterocycles. The lowest BCUT2D eigenvalue weighted by atomic mass is 10.1. The summed E-state index contributed by atoms with van der Waals surface area (Å²) < 4.78 is 13.1. The summed E-state index contributed by atoms with van der Waals surface area (Å²) in [5.74, 6) is -0.0597. The van der Waals surface area contributed by atoms with Gasteiger partial charge in [0.15, 0.2) is 0 Å². The Hall–Kier alpha value is -3.48. The van der Waals surface area contributed by atoms with Crippen LogP contribution in [0.1, 0.15) is 48.2 Å². The SMILES string of the molecule is CN(CCCCCc1cc(-c2ccc(F)cc2)n[nH]1)C(=O)c1ccc(NC(=O)C2CC2)cc1. The number of hydrogen-bond acceptors (Lipinski definition) is 3. The molecule has 0 spiro atoms. The minimum Gasteiger partial charge on any atom is -0.342 e. The standard InChI is InChI=1S/C26H29FN4O2/c1-31(26(33)20-10-14-22(15-11-20)28-25(32)19-6-7-19)16-4-2-3-5-23-17-24(30-29-23)18-8-12-21(27)13-9-18/h8-15,17,19H,2-7,16H2,1H3,(H,28,32)(H,29,30). The number of aryl methyl sites for hydroxylation is 1. The van der Waals surface area contributed by atoms with Crippen LogP contribution in [0.15, 0.2) is 54.6 Å². The van der Waals surface area contributed by atoms with Gasteiger partial charge in [0.05, 0.1) is 5.69 Å². The van der Waals surface area contributed by atoms with Crippen molar-refractivity contribution in [3.05, 3.63) is 71.7 Å². The number of hydrogen-bond donors (Lipinski definition) is 2. The summed E-state index contributed by atoms with van der Waals surface area (Å²) in [6.45, 7) is 0.683. The van der Waals surface area contributed by atoms with Gasteiger partial charge in [0, 0.05) is 42.0 Å². The Labute approximate surface area is 193 Å². The molecule has 6 nitrogen and oxygen atoms in total. The molecule has 0 atom stereocenters. The normalized spacial score (nSPS) is 13.0. The number of unbranched alkanes of at least 4 members (excludes halogenated alkanes) is 2. The van der Waals surface area contributed by atoms with Crippen LogP contribution in [0, 0.1) is 11.7 Å². The molecule has 33 heavy (non-hydrogen) atoms. The maximum absolute atomic E-state index is 13.1. The maximum atomic E-state index is 13.1. The van der Waals surface area contributed by atoms with Crippen molar-refractivity contribution in [1.82, 2.24) is 15.1 Å². The molecule has 7 heteroatoms. The van der Waals surface area contributed by atoms with Gasteiger partial charge in [-0.05, 0) is 86.7 Å². The van der Waals surface area contributed by atoms with Gasteiger partial charge >= 0.3 is 0 Å². The molecule has 2 amide bonds. The number of H-pyrrole nitrogens is 1. The van der Waals surface area contributed by atoms with Gasteiger partial charge in [-0.25, -0.2) is 4.39 Å². The third kappa shape index (κ3) is 6.28. The Morgan fingerprint density at radius 2 is 1.79 bits per heavy atom. The summed E-state index contributed by atoms with van der Waals surface area (Å²) in [5, 5.41) is 10.2. The summed E-state index contributed by atoms with van der Waals surface area (Å²) in [7, 11) is 1.81. The van der Waals surface area contributed by atoms with Crippen molar-refractivity contribution >= 4 is 17.5 Å². The molecule has 2 aromatic carbocycles. The van der Waals surface area contributed by atoms with Crippen molar-refractivity contribution in [1.29, 1.82) is 0 Å². The maximum Gasteiger partial charge on any atom is 0.253 e. The molecular weight excluding hydrogens is 419 g/mol. The number of aromatic nitrogens is 2. The van der Waals surface area contributed by atoms with Crippen LogP contribution in [-0.4, -0.2) is 40.5 Å². The van der Waals surface area contributed by atoms with E-state index in [2.05, 4.69) is 15.5 Å². The summed E-state index contributed by atoms with van der Waals surface area (Å²) in [5.41, 5.74) is 4.10. The zero-order valence-electron chi connectivity index (χ0n) is 18.8. The average molecular weight is 449 g/mol. The van der Waals surface area contributed by atoms with Crippen LogP contribution in [-0.2, 0) is 11.2 Å². The smallest absolute Gasteiger partial charge is 0.253 e. The lowest BCUT2D eigenvalue weighted by molar-refractivity contribution is -0.117. The van der Waals surface area contributed by atoms with Gasteiger partial charge in [-0.1, -0.05) is 6.42 Å². The number of nitrogens with zero attached hydrogens (tertiary/aromatic N) is 2. The first kappa shape index (κ1) is 22.7. The highest BCUT2D eigenvalue weighted by Gasteiger charge is 2.29. The molecule has 1 saturated carbocycles. The molecule has 1 aromatic heterocycles. The molecule has 0 radical (unpaired) electrons. The quantitative estimate of drug-likeness (QED) is 0.426. The fraction of sp³-hybridized carbons (Fsp3) is 0.346. The first-order valence-corrected chi connectivity index (χ1v) is 11.5. The van der Waals surface area contributed by atoms with Gasteiger partial charge < -0.3 is 10.2 Å². The van der Waals surface area contributed by atoms with Crippen molar-refractivity contribution in [3.63, 3.8) is 0 Å². The van der Waals surface area contributed by atoms with Gasteiger partial charge in [0.1, 0.15) is 5.82 Å². The topological polar surface area (TPSA) is 78.1 Å². The third-order valence-corrected chi connectivity index (χ3v) is 5.90. The Morgan fingerprint density at radius 1 is 1.06 bits per heavy atom. The van der Waals surface area contributed by atoms with Crippen molar-refractivity contribution in [3.8, 4) is 11.3 Å². The number of amides is 2. The van der Waals surface area contributed by atoms with E-state index in [1.165, 1.54) is 12.1 Å². The highest BCUT2D eigenvalue weighted by atomic mass is 19.1. The lowest BCUT2D eigenvalue weighted by Gasteiger charge is -2.17. The van der Waals surface area contributed by atoms with Crippen molar-refractivity contribution < 1.29 is 14.0 Å². The number of nitrogens with one attached hydrogen (secondary N) is 2. The number of aromatic amines is 1. The zero-order chi connectivity index (χ0) is 23.2. The van der Waals surface area contributed by atoms with E-state index in [4.69, 9.17) is 0 Å². The minimum atomic E-state index is -0.257. The second-order valence-electron chi connectivity index (χ2n) is 8.66. The van der Waals surface area contributed by atoms with E-state index in [0.29, 0.717) is 12.1 Å². The second kappa shape index (κ2) is 10.4. The monoisotopic (exact) mass is 448 g/mol. The van der Waals surface area contributed by atoms with Gasteiger partial charge in [-0.3, -0.25) is 14.7 Å². The van der Waals surface area contributed by atoms with Crippen LogP contribution < -0.4 is 5.32 Å². The van der Waals surface area contributed by atoms with E-state index >= 15 is 0 Å². The van der Waals surface area contributed by atoms with Crippen molar-refractivity contribution in [2.24, 2.45) is 5.92 Å². The molecule has 1 fully saturated rings. The first-order chi connectivity index (χ1) is 16.0. The van der Waals surface area contributed by atoms with Crippen LogP contribution in [0.4, 0.5) is 10.1 Å². The van der Waals surface area contributed by atoms with Crippen LogP contribution in [0.25, 0.3) is 11.3 Å².